The third-order valence-electron chi connectivity index (χ3n) is 4.61. The normalized spacial score (nSPS) is 12.2. The van der Waals surface area contributed by atoms with Crippen molar-refractivity contribution in [1.29, 1.82) is 0 Å². The number of nitrogens with one attached hydrogen (secondary N) is 1. The summed E-state index contributed by atoms with van der Waals surface area (Å²) >= 11 is 3.29. The molecule has 2 aromatic rings. The van der Waals surface area contributed by atoms with E-state index < -0.39 is 40.2 Å². The van der Waals surface area contributed by atoms with Crippen molar-refractivity contribution in [3.8, 4) is 0 Å². The molecule has 0 saturated carbocycles. The Morgan fingerprint density at radius 2 is 1.74 bits per heavy atom. The molecule has 2 amide bonds. The molecule has 168 valence electrons. The average molecular weight is 514 g/mol. The molecule has 0 radical (unpaired) electrons. The summed E-state index contributed by atoms with van der Waals surface area (Å²) in [5.41, 5.74) is 0.525. The van der Waals surface area contributed by atoms with Gasteiger partial charge in [-0.25, -0.2) is 12.8 Å². The zero-order valence-electron chi connectivity index (χ0n) is 17.5. The van der Waals surface area contributed by atoms with E-state index in [0.717, 1.165) is 15.0 Å². The van der Waals surface area contributed by atoms with E-state index in [1.807, 2.05) is 0 Å². The van der Waals surface area contributed by atoms with Crippen LogP contribution in [-0.2, 0) is 26.2 Å². The average Bonchev–Trinajstić information content (AvgIpc) is 2.71. The number of benzene rings is 2. The first-order valence-corrected chi connectivity index (χ1v) is 12.2. The number of sulfonamides is 1. The number of rotatable bonds is 9. The number of carbonyl (C=O) groups is 2. The number of hydrogen-bond acceptors (Lipinski definition) is 4. The van der Waals surface area contributed by atoms with Crippen LogP contribution in [0.5, 0.6) is 0 Å². The van der Waals surface area contributed by atoms with Gasteiger partial charge in [-0.05, 0) is 44.2 Å². The van der Waals surface area contributed by atoms with Gasteiger partial charge in [0.1, 0.15) is 18.4 Å². The van der Waals surface area contributed by atoms with Crippen molar-refractivity contribution < 1.29 is 22.4 Å². The van der Waals surface area contributed by atoms with Crippen LogP contribution in [0, 0.1) is 5.82 Å². The molecule has 0 aliphatic carbocycles. The summed E-state index contributed by atoms with van der Waals surface area (Å²) in [6, 6.07) is 11.4. The van der Waals surface area contributed by atoms with Crippen LogP contribution < -0.4 is 9.62 Å². The number of anilines is 1. The summed E-state index contributed by atoms with van der Waals surface area (Å²) in [5, 5.41) is 2.64. The van der Waals surface area contributed by atoms with Gasteiger partial charge in [-0.3, -0.25) is 13.9 Å². The van der Waals surface area contributed by atoms with Gasteiger partial charge < -0.3 is 10.2 Å². The van der Waals surface area contributed by atoms with Crippen molar-refractivity contribution in [2.24, 2.45) is 0 Å². The lowest BCUT2D eigenvalue weighted by Gasteiger charge is -2.31. The monoisotopic (exact) mass is 513 g/mol. The van der Waals surface area contributed by atoms with Gasteiger partial charge >= 0.3 is 0 Å². The topological polar surface area (TPSA) is 86.8 Å². The molecule has 0 aliphatic heterocycles. The predicted molar refractivity (Wildman–Crippen MR) is 121 cm³/mol. The fraction of sp³-hybridized carbons (Fsp3) is 0.333. The van der Waals surface area contributed by atoms with Crippen LogP contribution in [0.25, 0.3) is 0 Å². The zero-order chi connectivity index (χ0) is 23.2. The Labute approximate surface area is 190 Å². The summed E-state index contributed by atoms with van der Waals surface area (Å²) in [7, 11) is -3.80. The van der Waals surface area contributed by atoms with Gasteiger partial charge in [-0.15, -0.1) is 0 Å². The van der Waals surface area contributed by atoms with Crippen LogP contribution in [0.3, 0.4) is 0 Å². The second-order valence-electron chi connectivity index (χ2n) is 6.93. The zero-order valence-corrected chi connectivity index (χ0v) is 19.9. The Balaban J connectivity index is 2.38. The fourth-order valence-corrected chi connectivity index (χ4v) is 4.05. The number of hydrogen-bond donors (Lipinski definition) is 1. The third-order valence-corrected chi connectivity index (χ3v) is 6.28. The Bertz CT molecular complexity index is 1030. The van der Waals surface area contributed by atoms with Crippen molar-refractivity contribution in [3.63, 3.8) is 0 Å². The SMILES string of the molecule is CCNC(=O)C(C)N(Cc1ccccc1F)C(=O)CN(c1ccc(Br)cc1)S(C)(=O)=O. The lowest BCUT2D eigenvalue weighted by atomic mass is 10.1. The number of halogens is 2. The molecular formula is C21H25BrFN3O4S. The molecule has 0 heterocycles. The van der Waals surface area contributed by atoms with Gasteiger partial charge in [-0.2, -0.15) is 0 Å². The van der Waals surface area contributed by atoms with Crippen LogP contribution in [0.15, 0.2) is 53.0 Å². The van der Waals surface area contributed by atoms with Gasteiger partial charge in [0.25, 0.3) is 0 Å². The highest BCUT2D eigenvalue weighted by Crippen LogP contribution is 2.22. The first-order chi connectivity index (χ1) is 14.5. The molecule has 10 heteroatoms. The molecule has 31 heavy (non-hydrogen) atoms. The van der Waals surface area contributed by atoms with Gasteiger partial charge in [0.05, 0.1) is 11.9 Å². The van der Waals surface area contributed by atoms with E-state index in [2.05, 4.69) is 21.2 Å². The number of likely N-dealkylation sites (N-methyl/N-ethyl adjacent to an activating group) is 1. The molecule has 0 bridgehead atoms. The first kappa shape index (κ1) is 24.8. The van der Waals surface area contributed by atoms with E-state index in [1.54, 1.807) is 37.3 Å². The largest absolute Gasteiger partial charge is 0.355 e. The molecule has 0 saturated heterocycles. The highest BCUT2D eigenvalue weighted by molar-refractivity contribution is 9.10. The second-order valence-corrected chi connectivity index (χ2v) is 9.75. The molecule has 1 N–H and O–H groups in total. The van der Waals surface area contributed by atoms with Crippen LogP contribution in [0.1, 0.15) is 19.4 Å². The minimum absolute atomic E-state index is 0.179. The van der Waals surface area contributed by atoms with E-state index in [-0.39, 0.29) is 12.1 Å². The number of nitrogens with zero attached hydrogens (tertiary/aromatic N) is 2. The van der Waals surface area contributed by atoms with E-state index in [1.165, 1.54) is 30.0 Å². The molecule has 2 rings (SSSR count). The highest BCUT2D eigenvalue weighted by Gasteiger charge is 2.30. The number of amides is 2. The molecular weight excluding hydrogens is 489 g/mol. The maximum absolute atomic E-state index is 14.2. The molecule has 2 aromatic carbocycles. The van der Waals surface area contributed by atoms with Crippen LogP contribution in [0.2, 0.25) is 0 Å². The van der Waals surface area contributed by atoms with E-state index >= 15 is 0 Å². The summed E-state index contributed by atoms with van der Waals surface area (Å²) in [5.74, 6) is -1.56. The van der Waals surface area contributed by atoms with Crippen molar-refractivity contribution in [2.75, 3.05) is 23.7 Å². The Hall–Kier alpha value is -2.46. The molecule has 0 aromatic heterocycles. The predicted octanol–water partition coefficient (Wildman–Crippen LogP) is 2.91. The summed E-state index contributed by atoms with van der Waals surface area (Å²) in [6.07, 6.45) is 0.997. The highest BCUT2D eigenvalue weighted by atomic mass is 79.9. The second kappa shape index (κ2) is 10.7. The van der Waals surface area contributed by atoms with Crippen molar-refractivity contribution in [1.82, 2.24) is 10.2 Å². The minimum Gasteiger partial charge on any atom is -0.355 e. The van der Waals surface area contributed by atoms with Crippen LogP contribution in [0.4, 0.5) is 10.1 Å². The van der Waals surface area contributed by atoms with Crippen LogP contribution in [-0.4, -0.2) is 50.5 Å². The maximum Gasteiger partial charge on any atom is 0.244 e. The lowest BCUT2D eigenvalue weighted by Crippen LogP contribution is -2.51. The van der Waals surface area contributed by atoms with E-state index in [4.69, 9.17) is 0 Å². The smallest absolute Gasteiger partial charge is 0.244 e. The minimum atomic E-state index is -3.80. The van der Waals surface area contributed by atoms with E-state index in [0.29, 0.717) is 12.2 Å². The summed E-state index contributed by atoms with van der Waals surface area (Å²) < 4.78 is 40.7. The van der Waals surface area contributed by atoms with Gasteiger partial charge in [-0.1, -0.05) is 34.1 Å². The van der Waals surface area contributed by atoms with Crippen molar-refractivity contribution in [3.05, 3.63) is 64.4 Å². The molecule has 7 nitrogen and oxygen atoms in total. The Morgan fingerprint density at radius 1 is 1.13 bits per heavy atom. The maximum atomic E-state index is 14.2. The van der Waals surface area contributed by atoms with Crippen LogP contribution >= 0.6 is 15.9 Å². The Morgan fingerprint density at radius 3 is 2.29 bits per heavy atom. The standard InChI is InChI=1S/C21H25BrFN3O4S/c1-4-24-21(28)15(2)25(13-16-7-5-6-8-19(16)23)20(27)14-26(31(3,29)30)18-11-9-17(22)10-12-18/h5-12,15H,4,13-14H2,1-3H3,(H,24,28). The van der Waals surface area contributed by atoms with Crippen molar-refractivity contribution in [2.45, 2.75) is 26.4 Å². The molecule has 0 spiro atoms. The third kappa shape index (κ3) is 6.76. The first-order valence-electron chi connectivity index (χ1n) is 9.58. The fourth-order valence-electron chi connectivity index (χ4n) is 2.94. The lowest BCUT2D eigenvalue weighted by molar-refractivity contribution is -0.139. The quantitative estimate of drug-likeness (QED) is 0.558. The van der Waals surface area contributed by atoms with E-state index in [9.17, 15) is 22.4 Å². The molecule has 0 aliphatic rings. The van der Waals surface area contributed by atoms with Gasteiger partial charge in [0.15, 0.2) is 0 Å². The summed E-state index contributed by atoms with van der Waals surface area (Å²) in [6.45, 7) is 2.92. The van der Waals surface area contributed by atoms with Gasteiger partial charge in [0, 0.05) is 23.1 Å². The van der Waals surface area contributed by atoms with Gasteiger partial charge in [0.2, 0.25) is 21.8 Å². The number of carbonyl (C=O) groups excluding carboxylic acids is 2. The molecule has 1 atom stereocenters. The van der Waals surface area contributed by atoms with Crippen molar-refractivity contribution >= 4 is 43.5 Å². The summed E-state index contributed by atoms with van der Waals surface area (Å²) in [4.78, 5) is 26.8. The molecule has 1 unspecified atom stereocenters. The molecule has 0 fully saturated rings. The Kier molecular flexibility index (Phi) is 8.58.